The average Bonchev–Trinajstić information content (AvgIpc) is 2.84. The maximum atomic E-state index is 13.2. The van der Waals surface area contributed by atoms with E-state index in [0.717, 1.165) is 0 Å². The Bertz CT molecular complexity index is 1170. The fourth-order valence-electron chi connectivity index (χ4n) is 4.24. The number of non-ortho nitro benzene ring substituents is 1. The first-order valence-corrected chi connectivity index (χ1v) is 11.3. The van der Waals surface area contributed by atoms with E-state index in [-0.39, 0.29) is 30.2 Å². The molecule has 4 unspecified atom stereocenters. The predicted octanol–water partition coefficient (Wildman–Crippen LogP) is 1.13. The monoisotopic (exact) mass is 498 g/mol. The minimum absolute atomic E-state index is 0.117. The third-order valence-electron chi connectivity index (χ3n) is 5.92. The number of piperidine rings is 1. The van der Waals surface area contributed by atoms with Crippen LogP contribution in [0, 0.1) is 22.0 Å². The summed E-state index contributed by atoms with van der Waals surface area (Å²) in [4.78, 5) is 49.2. The van der Waals surface area contributed by atoms with Crippen molar-refractivity contribution < 1.29 is 28.8 Å². The van der Waals surface area contributed by atoms with Crippen LogP contribution >= 0.6 is 0 Å². The predicted molar refractivity (Wildman–Crippen MR) is 128 cm³/mol. The van der Waals surface area contributed by atoms with Gasteiger partial charge < -0.3 is 30.7 Å². The standard InChI is InChI=1S/C23H26N6O7/c1-3-36-17-10-13(29(33)34)6-9-16(17)25-21(31)15-11-18(30)26-20-19(15)22(32)28-23(27-20)24-12-4-7-14(35-2)8-5-12/h4-10,15,19-20,23-24,27H,3,11H2,1-2H3,(H,25,31)(H,26,30)(H,28,32). The van der Waals surface area contributed by atoms with Crippen molar-refractivity contribution in [2.24, 2.45) is 11.8 Å². The van der Waals surface area contributed by atoms with Crippen molar-refractivity contribution in [3.05, 3.63) is 52.6 Å². The molecule has 4 atom stereocenters. The quantitative estimate of drug-likeness (QED) is 0.264. The minimum Gasteiger partial charge on any atom is -0.497 e. The van der Waals surface area contributed by atoms with Gasteiger partial charge in [-0.25, -0.2) is 0 Å². The van der Waals surface area contributed by atoms with E-state index in [0.29, 0.717) is 11.4 Å². The van der Waals surface area contributed by atoms with Gasteiger partial charge in [-0.3, -0.25) is 29.8 Å². The van der Waals surface area contributed by atoms with E-state index in [1.54, 1.807) is 38.3 Å². The third-order valence-corrected chi connectivity index (χ3v) is 5.92. The van der Waals surface area contributed by atoms with E-state index in [4.69, 9.17) is 9.47 Å². The van der Waals surface area contributed by atoms with Gasteiger partial charge >= 0.3 is 0 Å². The summed E-state index contributed by atoms with van der Waals surface area (Å²) in [6.07, 6.45) is -1.70. The second-order valence-corrected chi connectivity index (χ2v) is 8.22. The van der Waals surface area contributed by atoms with Crippen molar-refractivity contribution in [1.82, 2.24) is 16.0 Å². The molecule has 0 radical (unpaired) electrons. The molecular weight excluding hydrogens is 472 g/mol. The van der Waals surface area contributed by atoms with Crippen molar-refractivity contribution >= 4 is 34.8 Å². The van der Waals surface area contributed by atoms with Crippen LogP contribution in [0.5, 0.6) is 11.5 Å². The fourth-order valence-corrected chi connectivity index (χ4v) is 4.24. The Morgan fingerprint density at radius 3 is 2.58 bits per heavy atom. The highest BCUT2D eigenvalue weighted by Crippen LogP contribution is 2.32. The molecule has 4 rings (SSSR count). The Balaban J connectivity index is 1.49. The van der Waals surface area contributed by atoms with Crippen LogP contribution < -0.4 is 36.1 Å². The summed E-state index contributed by atoms with van der Waals surface area (Å²) in [6, 6.07) is 10.9. The summed E-state index contributed by atoms with van der Waals surface area (Å²) in [5, 5.41) is 25.5. The number of ether oxygens (including phenoxy) is 2. The van der Waals surface area contributed by atoms with E-state index >= 15 is 0 Å². The lowest BCUT2D eigenvalue weighted by molar-refractivity contribution is -0.384. The molecule has 0 spiro atoms. The molecule has 2 aromatic rings. The molecule has 2 heterocycles. The Kier molecular flexibility index (Phi) is 7.20. The van der Waals surface area contributed by atoms with Crippen molar-refractivity contribution in [2.45, 2.75) is 25.8 Å². The molecule has 2 fully saturated rings. The zero-order valence-corrected chi connectivity index (χ0v) is 19.6. The molecule has 5 N–H and O–H groups in total. The van der Waals surface area contributed by atoms with Crippen LogP contribution in [-0.4, -0.2) is 48.8 Å². The first kappa shape index (κ1) is 24.7. The summed E-state index contributed by atoms with van der Waals surface area (Å²) in [6.45, 7) is 1.92. The highest BCUT2D eigenvalue weighted by atomic mass is 16.6. The molecule has 13 nitrogen and oxygen atoms in total. The highest BCUT2D eigenvalue weighted by molar-refractivity contribution is 6.01. The van der Waals surface area contributed by atoms with Gasteiger partial charge in [0.25, 0.3) is 5.69 Å². The molecule has 2 aromatic carbocycles. The van der Waals surface area contributed by atoms with Crippen LogP contribution in [0.4, 0.5) is 17.1 Å². The number of carbonyl (C=O) groups excluding carboxylic acids is 3. The zero-order chi connectivity index (χ0) is 25.8. The highest BCUT2D eigenvalue weighted by Gasteiger charge is 2.48. The smallest absolute Gasteiger partial charge is 0.273 e. The number of amides is 3. The van der Waals surface area contributed by atoms with E-state index in [9.17, 15) is 24.5 Å². The van der Waals surface area contributed by atoms with E-state index in [1.807, 2.05) is 0 Å². The van der Waals surface area contributed by atoms with Crippen LogP contribution in [0.25, 0.3) is 0 Å². The number of anilines is 2. The molecule has 13 heteroatoms. The average molecular weight is 498 g/mol. The molecule has 0 saturated carbocycles. The summed E-state index contributed by atoms with van der Waals surface area (Å²) in [5.41, 5.74) is 0.711. The lowest BCUT2D eigenvalue weighted by atomic mass is 9.81. The van der Waals surface area contributed by atoms with Crippen LogP contribution in [0.2, 0.25) is 0 Å². The minimum atomic E-state index is -0.983. The molecule has 3 amide bonds. The summed E-state index contributed by atoms with van der Waals surface area (Å²) in [5.74, 6) is -2.46. The van der Waals surface area contributed by atoms with Gasteiger partial charge in [-0.2, -0.15) is 0 Å². The Labute approximate surface area is 206 Å². The Hall–Kier alpha value is -4.39. The van der Waals surface area contributed by atoms with Crippen molar-refractivity contribution in [2.75, 3.05) is 24.4 Å². The molecule has 2 saturated heterocycles. The lowest BCUT2D eigenvalue weighted by Crippen LogP contribution is -2.72. The van der Waals surface area contributed by atoms with Crippen LogP contribution in [-0.2, 0) is 14.4 Å². The maximum Gasteiger partial charge on any atom is 0.273 e. The molecule has 2 aliphatic rings. The number of fused-ring (bicyclic) bond motifs is 1. The maximum absolute atomic E-state index is 13.2. The van der Waals surface area contributed by atoms with Gasteiger partial charge in [-0.15, -0.1) is 0 Å². The van der Waals surface area contributed by atoms with Gasteiger partial charge in [0.05, 0.1) is 48.4 Å². The molecule has 36 heavy (non-hydrogen) atoms. The number of nitro benzene ring substituents is 1. The number of nitrogens with zero attached hydrogens (tertiary/aromatic N) is 1. The third kappa shape index (κ3) is 5.30. The normalized spacial score (nSPS) is 22.9. The van der Waals surface area contributed by atoms with Crippen LogP contribution in [0.1, 0.15) is 13.3 Å². The number of methoxy groups -OCH3 is 1. The second-order valence-electron chi connectivity index (χ2n) is 8.22. The van der Waals surface area contributed by atoms with Gasteiger partial charge in [0.15, 0.2) is 6.29 Å². The lowest BCUT2D eigenvalue weighted by Gasteiger charge is -2.43. The number of rotatable bonds is 8. The summed E-state index contributed by atoms with van der Waals surface area (Å²) in [7, 11) is 1.56. The Morgan fingerprint density at radius 1 is 1.17 bits per heavy atom. The van der Waals surface area contributed by atoms with Gasteiger partial charge in [0.2, 0.25) is 17.7 Å². The first-order valence-electron chi connectivity index (χ1n) is 11.3. The van der Waals surface area contributed by atoms with E-state index in [1.165, 1.54) is 18.2 Å². The molecule has 2 aliphatic heterocycles. The number of hydrogen-bond acceptors (Lipinski definition) is 9. The van der Waals surface area contributed by atoms with Crippen molar-refractivity contribution in [3.63, 3.8) is 0 Å². The van der Waals surface area contributed by atoms with Gasteiger partial charge in [0.1, 0.15) is 11.5 Å². The second kappa shape index (κ2) is 10.5. The number of nitro groups is 1. The molecule has 0 aromatic heterocycles. The van der Waals surface area contributed by atoms with Gasteiger partial charge in [-0.05, 0) is 37.3 Å². The fraction of sp³-hybridized carbons (Fsp3) is 0.348. The molecule has 190 valence electrons. The Morgan fingerprint density at radius 2 is 1.92 bits per heavy atom. The summed E-state index contributed by atoms with van der Waals surface area (Å²) < 4.78 is 10.6. The SMILES string of the molecule is CCOc1cc([N+](=O)[O-])ccc1NC(=O)C1CC(=O)NC2NC(Nc3ccc(OC)cc3)NC(=O)C21. The van der Waals surface area contributed by atoms with Gasteiger partial charge in [0, 0.05) is 18.2 Å². The van der Waals surface area contributed by atoms with Crippen molar-refractivity contribution in [1.29, 1.82) is 0 Å². The van der Waals surface area contributed by atoms with Crippen LogP contribution in [0.15, 0.2) is 42.5 Å². The van der Waals surface area contributed by atoms with E-state index < -0.39 is 46.9 Å². The van der Waals surface area contributed by atoms with E-state index in [2.05, 4.69) is 26.6 Å². The number of nitrogens with one attached hydrogen (secondary N) is 5. The largest absolute Gasteiger partial charge is 0.497 e. The number of hydrogen-bond donors (Lipinski definition) is 5. The molecular formula is C23H26N6O7. The van der Waals surface area contributed by atoms with Gasteiger partial charge in [-0.1, -0.05) is 0 Å². The summed E-state index contributed by atoms with van der Waals surface area (Å²) >= 11 is 0. The van der Waals surface area contributed by atoms with Crippen LogP contribution in [0.3, 0.4) is 0 Å². The molecule has 0 bridgehead atoms. The zero-order valence-electron chi connectivity index (χ0n) is 19.6. The van der Waals surface area contributed by atoms with Crippen molar-refractivity contribution in [3.8, 4) is 11.5 Å². The topological polar surface area (TPSA) is 173 Å². The number of benzene rings is 2. The molecule has 0 aliphatic carbocycles. The number of carbonyl (C=O) groups is 3. The first-order chi connectivity index (χ1) is 17.3.